The second kappa shape index (κ2) is 9.26. The van der Waals surface area contributed by atoms with Crippen molar-refractivity contribution in [3.8, 4) is 0 Å². The van der Waals surface area contributed by atoms with Crippen LogP contribution in [0.5, 0.6) is 0 Å². The van der Waals surface area contributed by atoms with Crippen LogP contribution in [0.1, 0.15) is 33.8 Å². The highest BCUT2D eigenvalue weighted by molar-refractivity contribution is 7.92. The number of amides is 1. The first-order valence-corrected chi connectivity index (χ1v) is 12.7. The van der Waals surface area contributed by atoms with Gasteiger partial charge in [-0.3, -0.25) is 14.0 Å². The quantitative estimate of drug-likeness (QED) is 0.473. The van der Waals surface area contributed by atoms with Crippen LogP contribution < -0.4 is 9.21 Å². The lowest BCUT2D eigenvalue weighted by Crippen LogP contribution is -2.31. The third kappa shape index (κ3) is 4.33. The topological polar surface area (TPSA) is 70.6 Å². The summed E-state index contributed by atoms with van der Waals surface area (Å²) >= 11 is 1.56. The van der Waals surface area contributed by atoms with Crippen molar-refractivity contribution in [2.45, 2.75) is 30.6 Å². The Kier molecular flexibility index (Phi) is 6.43. The summed E-state index contributed by atoms with van der Waals surface area (Å²) in [6.07, 6.45) is 5.90. The number of aryl methyl sites for hydroxylation is 2. The molecule has 0 bridgehead atoms. The smallest absolute Gasteiger partial charge is 0.264 e. The Morgan fingerprint density at radius 2 is 1.78 bits per heavy atom. The van der Waals surface area contributed by atoms with Crippen molar-refractivity contribution in [3.05, 3.63) is 83.4 Å². The number of anilines is 2. The Hall–Kier alpha value is -2.97. The molecule has 0 fully saturated rings. The van der Waals surface area contributed by atoms with Crippen LogP contribution in [0.2, 0.25) is 0 Å². The molecule has 6 nitrogen and oxygen atoms in total. The second-order valence-corrected chi connectivity index (χ2v) is 10.6. The van der Waals surface area contributed by atoms with E-state index in [0.29, 0.717) is 22.9 Å². The van der Waals surface area contributed by atoms with Crippen molar-refractivity contribution < 1.29 is 13.2 Å². The summed E-state index contributed by atoms with van der Waals surface area (Å²) in [7, 11) is -2.22. The van der Waals surface area contributed by atoms with Gasteiger partial charge in [0, 0.05) is 24.0 Å². The number of rotatable bonds is 7. The molecule has 0 aliphatic heterocycles. The second-order valence-electron chi connectivity index (χ2n) is 7.61. The molecule has 1 aromatic heterocycles. The number of aromatic nitrogens is 1. The molecule has 1 aliphatic carbocycles. The number of hydrogen-bond donors (Lipinski definition) is 0. The third-order valence-corrected chi connectivity index (χ3v) is 8.48. The molecule has 0 radical (unpaired) electrons. The standard InChI is InChI=1S/C24H25N3O3S2/c1-3-17-27(24-25-21-11-7-8-12-22(21)31-24)23(28)18-13-15-20(16-14-18)32(29,30)26(2)19-9-5-4-6-10-19/h3-6,9-10,13-16H,1,7-8,11-12,17H2,2H3. The van der Waals surface area contributed by atoms with E-state index in [9.17, 15) is 13.2 Å². The minimum atomic E-state index is -3.74. The highest BCUT2D eigenvalue weighted by atomic mass is 32.2. The van der Waals surface area contributed by atoms with Gasteiger partial charge < -0.3 is 0 Å². The number of thiazole rings is 1. The summed E-state index contributed by atoms with van der Waals surface area (Å²) in [5.41, 5.74) is 2.06. The Labute approximate surface area is 192 Å². The fraction of sp³-hybridized carbons (Fsp3) is 0.250. The summed E-state index contributed by atoms with van der Waals surface area (Å²) in [6.45, 7) is 4.11. The molecular weight excluding hydrogens is 442 g/mol. The van der Waals surface area contributed by atoms with Gasteiger partial charge in [-0.25, -0.2) is 13.4 Å². The fourth-order valence-corrected chi connectivity index (χ4v) is 6.04. The molecule has 1 amide bonds. The largest absolute Gasteiger partial charge is 0.280 e. The lowest BCUT2D eigenvalue weighted by atomic mass is 10.0. The van der Waals surface area contributed by atoms with Crippen LogP contribution >= 0.6 is 11.3 Å². The van der Waals surface area contributed by atoms with Crippen molar-refractivity contribution in [3.63, 3.8) is 0 Å². The Morgan fingerprint density at radius 1 is 1.09 bits per heavy atom. The molecule has 166 valence electrons. The molecule has 8 heteroatoms. The first-order chi connectivity index (χ1) is 15.4. The predicted molar refractivity (Wildman–Crippen MR) is 129 cm³/mol. The molecule has 1 heterocycles. The summed E-state index contributed by atoms with van der Waals surface area (Å²) < 4.78 is 27.2. The number of benzene rings is 2. The van der Waals surface area contributed by atoms with Gasteiger partial charge in [-0.05, 0) is 62.1 Å². The number of carbonyl (C=O) groups is 1. The number of fused-ring (bicyclic) bond motifs is 1. The average molecular weight is 468 g/mol. The molecule has 3 aromatic rings. The van der Waals surface area contributed by atoms with Crippen LogP contribution in [0.4, 0.5) is 10.8 Å². The molecule has 1 aliphatic rings. The Balaban J connectivity index is 1.59. The summed E-state index contributed by atoms with van der Waals surface area (Å²) in [5.74, 6) is -0.226. The normalized spacial score (nSPS) is 13.3. The van der Waals surface area contributed by atoms with E-state index in [-0.39, 0.29) is 10.8 Å². The lowest BCUT2D eigenvalue weighted by molar-refractivity contribution is 0.0989. The number of sulfonamides is 1. The van der Waals surface area contributed by atoms with Crippen LogP contribution in [0.15, 0.2) is 72.1 Å². The van der Waals surface area contributed by atoms with Crippen molar-refractivity contribution >= 4 is 38.1 Å². The van der Waals surface area contributed by atoms with Gasteiger partial charge in [0.15, 0.2) is 5.13 Å². The van der Waals surface area contributed by atoms with Gasteiger partial charge in [-0.2, -0.15) is 0 Å². The summed E-state index contributed by atoms with van der Waals surface area (Å²) in [6, 6.07) is 14.9. The number of carbonyl (C=O) groups excluding carboxylic acids is 1. The highest BCUT2D eigenvalue weighted by Crippen LogP contribution is 2.32. The molecule has 0 saturated heterocycles. The maximum absolute atomic E-state index is 13.2. The van der Waals surface area contributed by atoms with E-state index >= 15 is 0 Å². The maximum Gasteiger partial charge on any atom is 0.264 e. The Morgan fingerprint density at radius 3 is 2.44 bits per heavy atom. The van der Waals surface area contributed by atoms with Crippen molar-refractivity contribution in [2.75, 3.05) is 22.8 Å². The number of hydrogen-bond acceptors (Lipinski definition) is 5. The van der Waals surface area contributed by atoms with E-state index < -0.39 is 10.0 Å². The molecule has 2 aromatic carbocycles. The zero-order valence-corrected chi connectivity index (χ0v) is 19.5. The lowest BCUT2D eigenvalue weighted by Gasteiger charge is -2.20. The van der Waals surface area contributed by atoms with Crippen LogP contribution in [0.25, 0.3) is 0 Å². The van der Waals surface area contributed by atoms with Crippen LogP contribution in [0, 0.1) is 0 Å². The third-order valence-electron chi connectivity index (χ3n) is 5.50. The van der Waals surface area contributed by atoms with E-state index in [1.165, 1.54) is 28.4 Å². The van der Waals surface area contributed by atoms with Gasteiger partial charge in [0.05, 0.1) is 16.3 Å². The van der Waals surface area contributed by atoms with E-state index in [2.05, 4.69) is 6.58 Å². The van der Waals surface area contributed by atoms with E-state index in [1.54, 1.807) is 58.7 Å². The van der Waals surface area contributed by atoms with Gasteiger partial charge in [0.2, 0.25) is 0 Å². The highest BCUT2D eigenvalue weighted by Gasteiger charge is 2.25. The zero-order valence-electron chi connectivity index (χ0n) is 17.9. The molecule has 32 heavy (non-hydrogen) atoms. The van der Waals surface area contributed by atoms with Gasteiger partial charge in [-0.15, -0.1) is 17.9 Å². The predicted octanol–water partition coefficient (Wildman–Crippen LogP) is 4.68. The molecule has 0 saturated carbocycles. The average Bonchev–Trinajstić information content (AvgIpc) is 3.26. The van der Waals surface area contributed by atoms with Crippen LogP contribution in [-0.4, -0.2) is 32.9 Å². The van der Waals surface area contributed by atoms with Crippen LogP contribution in [-0.2, 0) is 22.9 Å². The number of para-hydroxylation sites is 1. The zero-order chi connectivity index (χ0) is 22.7. The van der Waals surface area contributed by atoms with E-state index in [4.69, 9.17) is 4.98 Å². The van der Waals surface area contributed by atoms with Gasteiger partial charge in [0.1, 0.15) is 0 Å². The maximum atomic E-state index is 13.2. The SMILES string of the molecule is C=CCN(C(=O)c1ccc(S(=O)(=O)N(C)c2ccccc2)cc1)c1nc2c(s1)CCCC2. The first kappa shape index (κ1) is 22.2. The van der Waals surface area contributed by atoms with Gasteiger partial charge in [-0.1, -0.05) is 24.3 Å². The van der Waals surface area contributed by atoms with E-state index in [1.807, 2.05) is 6.07 Å². The molecule has 0 unspecified atom stereocenters. The van der Waals surface area contributed by atoms with Gasteiger partial charge >= 0.3 is 0 Å². The summed E-state index contributed by atoms with van der Waals surface area (Å²) in [5, 5.41) is 0.669. The van der Waals surface area contributed by atoms with Gasteiger partial charge in [0.25, 0.3) is 15.9 Å². The number of nitrogens with zero attached hydrogens (tertiary/aromatic N) is 3. The molecule has 0 atom stereocenters. The Bertz CT molecular complexity index is 1200. The van der Waals surface area contributed by atoms with Crippen LogP contribution in [0.3, 0.4) is 0 Å². The van der Waals surface area contributed by atoms with Crippen molar-refractivity contribution in [1.29, 1.82) is 0 Å². The van der Waals surface area contributed by atoms with Crippen molar-refractivity contribution in [2.24, 2.45) is 0 Å². The molecular formula is C24H25N3O3S2. The van der Waals surface area contributed by atoms with Crippen molar-refractivity contribution in [1.82, 2.24) is 4.98 Å². The minimum Gasteiger partial charge on any atom is -0.280 e. The fourth-order valence-electron chi connectivity index (χ4n) is 3.69. The van der Waals surface area contributed by atoms with E-state index in [0.717, 1.165) is 31.4 Å². The first-order valence-electron chi connectivity index (χ1n) is 10.5. The monoisotopic (exact) mass is 467 g/mol. The molecule has 0 N–H and O–H groups in total. The molecule has 4 rings (SSSR count). The minimum absolute atomic E-state index is 0.125. The molecule has 0 spiro atoms. The summed E-state index contributed by atoms with van der Waals surface area (Å²) in [4.78, 5) is 20.9.